The van der Waals surface area contributed by atoms with Crippen molar-refractivity contribution in [1.29, 1.82) is 0 Å². The van der Waals surface area contributed by atoms with Gasteiger partial charge in [-0.2, -0.15) is 0 Å². The van der Waals surface area contributed by atoms with Gasteiger partial charge in [0.25, 0.3) is 5.56 Å². The molecule has 2 rings (SSSR count). The summed E-state index contributed by atoms with van der Waals surface area (Å²) in [6.45, 7) is 0.166. The zero-order valence-electron chi connectivity index (χ0n) is 7.92. The largest absolute Gasteiger partial charge is 0.394 e. The van der Waals surface area contributed by atoms with Crippen molar-refractivity contribution in [2.45, 2.75) is 6.54 Å². The van der Waals surface area contributed by atoms with Gasteiger partial charge < -0.3 is 5.11 Å². The van der Waals surface area contributed by atoms with Gasteiger partial charge in [0.2, 0.25) is 0 Å². The Balaban J connectivity index is 2.39. The Hall–Kier alpha value is -1.95. The zero-order chi connectivity index (χ0) is 10.7. The van der Waals surface area contributed by atoms with Gasteiger partial charge in [-0.15, -0.1) is 0 Å². The van der Waals surface area contributed by atoms with Gasteiger partial charge in [0.05, 0.1) is 25.0 Å². The Morgan fingerprint density at radius 2 is 2.33 bits per heavy atom. The third-order valence-corrected chi connectivity index (χ3v) is 1.95. The first kappa shape index (κ1) is 9.60. The van der Waals surface area contributed by atoms with E-state index in [0.29, 0.717) is 11.4 Å². The Labute approximate surface area is 85.2 Å². The Kier molecular flexibility index (Phi) is 2.59. The van der Waals surface area contributed by atoms with Crippen molar-refractivity contribution in [3.05, 3.63) is 35.0 Å². The van der Waals surface area contributed by atoms with E-state index in [1.807, 2.05) is 0 Å². The van der Waals surface area contributed by atoms with Crippen LogP contribution in [0, 0.1) is 0 Å². The van der Waals surface area contributed by atoms with Crippen LogP contribution in [-0.4, -0.2) is 31.5 Å². The quantitative estimate of drug-likeness (QED) is 0.717. The number of hydrogen-bond donors (Lipinski definition) is 2. The molecule has 78 valence electrons. The van der Waals surface area contributed by atoms with Gasteiger partial charge in [-0.3, -0.25) is 24.5 Å². The van der Waals surface area contributed by atoms with Gasteiger partial charge >= 0.3 is 0 Å². The van der Waals surface area contributed by atoms with Crippen molar-refractivity contribution in [3.8, 4) is 11.4 Å². The van der Waals surface area contributed by atoms with Gasteiger partial charge in [0.1, 0.15) is 5.69 Å². The molecule has 0 aromatic carbocycles. The summed E-state index contributed by atoms with van der Waals surface area (Å²) in [5.74, 6) is 0. The van der Waals surface area contributed by atoms with Crippen LogP contribution in [0.4, 0.5) is 0 Å². The summed E-state index contributed by atoms with van der Waals surface area (Å²) >= 11 is 0. The van der Waals surface area contributed by atoms with E-state index < -0.39 is 0 Å². The van der Waals surface area contributed by atoms with Crippen LogP contribution in [0.5, 0.6) is 0 Å². The van der Waals surface area contributed by atoms with E-state index in [1.54, 1.807) is 18.6 Å². The number of hydrogen-bond acceptors (Lipinski definition) is 4. The monoisotopic (exact) mass is 206 g/mol. The molecule has 0 saturated carbocycles. The molecular formula is C9H10N4O2. The maximum absolute atomic E-state index is 11.4. The lowest BCUT2D eigenvalue weighted by Crippen LogP contribution is -2.17. The van der Waals surface area contributed by atoms with Crippen LogP contribution in [0.2, 0.25) is 0 Å². The van der Waals surface area contributed by atoms with Crippen LogP contribution in [0.3, 0.4) is 0 Å². The maximum Gasteiger partial charge on any atom is 0.267 e. The molecule has 2 N–H and O–H groups in total. The van der Waals surface area contributed by atoms with Crippen LogP contribution in [0.1, 0.15) is 0 Å². The van der Waals surface area contributed by atoms with Crippen LogP contribution >= 0.6 is 0 Å². The fourth-order valence-electron chi connectivity index (χ4n) is 1.27. The van der Waals surface area contributed by atoms with Crippen LogP contribution in [0.15, 0.2) is 29.5 Å². The van der Waals surface area contributed by atoms with E-state index in [4.69, 9.17) is 5.11 Å². The fourth-order valence-corrected chi connectivity index (χ4v) is 1.27. The third-order valence-electron chi connectivity index (χ3n) is 1.95. The molecule has 2 aromatic rings. The van der Waals surface area contributed by atoms with Crippen LogP contribution < -0.4 is 5.56 Å². The van der Waals surface area contributed by atoms with E-state index in [2.05, 4.69) is 15.1 Å². The Morgan fingerprint density at radius 3 is 3.00 bits per heavy atom. The van der Waals surface area contributed by atoms with Crippen molar-refractivity contribution < 1.29 is 5.11 Å². The van der Waals surface area contributed by atoms with E-state index in [-0.39, 0.29) is 18.7 Å². The second-order valence-electron chi connectivity index (χ2n) is 2.97. The highest BCUT2D eigenvalue weighted by Gasteiger charge is 2.05. The Morgan fingerprint density at radius 1 is 1.47 bits per heavy atom. The van der Waals surface area contributed by atoms with E-state index in [0.717, 1.165) is 0 Å². The molecule has 6 nitrogen and oxygen atoms in total. The van der Waals surface area contributed by atoms with Crippen LogP contribution in [-0.2, 0) is 6.54 Å². The lowest BCUT2D eigenvalue weighted by Gasteiger charge is -1.97. The van der Waals surface area contributed by atoms with Crippen molar-refractivity contribution in [3.63, 3.8) is 0 Å². The third kappa shape index (κ3) is 1.94. The van der Waals surface area contributed by atoms with Crippen molar-refractivity contribution in [1.82, 2.24) is 19.7 Å². The van der Waals surface area contributed by atoms with Crippen LogP contribution in [0.25, 0.3) is 11.4 Å². The minimum Gasteiger partial charge on any atom is -0.394 e. The van der Waals surface area contributed by atoms with Crippen molar-refractivity contribution in [2.75, 3.05) is 6.61 Å². The maximum atomic E-state index is 11.4. The SMILES string of the molecule is O=c1cc(-c2cnccn2)[nH]n1CCO. The molecule has 0 aliphatic heterocycles. The lowest BCUT2D eigenvalue weighted by atomic mass is 10.3. The molecule has 6 heteroatoms. The smallest absolute Gasteiger partial charge is 0.267 e. The molecule has 0 radical (unpaired) electrons. The van der Waals surface area contributed by atoms with Crippen molar-refractivity contribution >= 4 is 0 Å². The van der Waals surface area contributed by atoms with Gasteiger partial charge in [-0.05, 0) is 0 Å². The molecule has 0 amide bonds. The number of aliphatic hydroxyl groups excluding tert-OH is 1. The Bertz CT molecular complexity index is 488. The molecule has 0 unspecified atom stereocenters. The predicted molar refractivity (Wildman–Crippen MR) is 53.2 cm³/mol. The number of aromatic nitrogens is 4. The molecule has 0 aliphatic carbocycles. The second kappa shape index (κ2) is 4.05. The van der Waals surface area contributed by atoms with E-state index >= 15 is 0 Å². The number of aromatic amines is 1. The summed E-state index contributed by atoms with van der Waals surface area (Å²) < 4.78 is 1.32. The van der Waals surface area contributed by atoms with E-state index in [9.17, 15) is 4.79 Å². The molecular weight excluding hydrogens is 196 g/mol. The number of nitrogens with one attached hydrogen (secondary N) is 1. The molecule has 0 bridgehead atoms. The highest BCUT2D eigenvalue weighted by atomic mass is 16.3. The first-order valence-electron chi connectivity index (χ1n) is 4.48. The number of rotatable bonds is 3. The number of H-pyrrole nitrogens is 1. The summed E-state index contributed by atoms with van der Waals surface area (Å²) in [6.07, 6.45) is 4.68. The second-order valence-corrected chi connectivity index (χ2v) is 2.97. The molecule has 0 spiro atoms. The summed E-state index contributed by atoms with van der Waals surface area (Å²) in [5, 5.41) is 11.6. The predicted octanol–water partition coefficient (Wildman–Crippen LogP) is -0.374. The van der Waals surface area contributed by atoms with Gasteiger partial charge in [0, 0.05) is 18.5 Å². The highest BCUT2D eigenvalue weighted by Crippen LogP contribution is 2.08. The molecule has 2 heterocycles. The topological polar surface area (TPSA) is 83.8 Å². The zero-order valence-corrected chi connectivity index (χ0v) is 7.92. The number of aliphatic hydroxyl groups is 1. The first-order chi connectivity index (χ1) is 7.31. The summed E-state index contributed by atoms with van der Waals surface area (Å²) in [5.41, 5.74) is 1.01. The fraction of sp³-hybridized carbons (Fsp3) is 0.222. The van der Waals surface area contributed by atoms with Gasteiger partial charge in [-0.1, -0.05) is 0 Å². The standard InChI is InChI=1S/C9H10N4O2/c14-4-3-13-9(15)5-7(12-13)8-6-10-1-2-11-8/h1-2,5-6,12,14H,3-4H2. The summed E-state index contributed by atoms with van der Waals surface area (Å²) in [4.78, 5) is 19.3. The molecule has 0 fully saturated rings. The molecule has 0 aliphatic rings. The summed E-state index contributed by atoms with van der Waals surface area (Å²) in [7, 11) is 0. The van der Waals surface area contributed by atoms with E-state index in [1.165, 1.54) is 10.7 Å². The lowest BCUT2D eigenvalue weighted by molar-refractivity contribution is 0.267. The average molecular weight is 206 g/mol. The number of nitrogens with zero attached hydrogens (tertiary/aromatic N) is 3. The summed E-state index contributed by atoms with van der Waals surface area (Å²) in [6, 6.07) is 1.43. The normalized spacial score (nSPS) is 10.5. The molecule has 0 saturated heterocycles. The minimum atomic E-state index is -0.190. The highest BCUT2D eigenvalue weighted by molar-refractivity contribution is 5.51. The average Bonchev–Trinajstić information content (AvgIpc) is 2.63. The first-order valence-corrected chi connectivity index (χ1v) is 4.48. The van der Waals surface area contributed by atoms with Gasteiger partial charge in [-0.25, -0.2) is 0 Å². The van der Waals surface area contributed by atoms with Gasteiger partial charge in [0.15, 0.2) is 0 Å². The molecule has 0 atom stereocenters. The molecule has 15 heavy (non-hydrogen) atoms. The molecule has 2 aromatic heterocycles. The van der Waals surface area contributed by atoms with Crippen molar-refractivity contribution in [2.24, 2.45) is 0 Å². The minimum absolute atomic E-state index is 0.0830.